The number of aryl methyl sites for hydroxylation is 1. The minimum absolute atomic E-state index is 0.715. The van der Waals surface area contributed by atoms with Gasteiger partial charge in [-0.3, -0.25) is 0 Å². The van der Waals surface area contributed by atoms with Gasteiger partial charge in [0, 0.05) is 5.56 Å². The molecule has 0 heterocycles. The lowest BCUT2D eigenvalue weighted by Gasteiger charge is -2.05. The lowest BCUT2D eigenvalue weighted by atomic mass is 9.90. The van der Waals surface area contributed by atoms with Crippen molar-refractivity contribution in [3.05, 3.63) is 35.3 Å². The third-order valence-corrected chi connectivity index (χ3v) is 1.83. The molecule has 0 atom stereocenters. The first-order valence-corrected chi connectivity index (χ1v) is 4.32. The largest absolute Gasteiger partial charge is 0.496 e. The van der Waals surface area contributed by atoms with Crippen LogP contribution in [0, 0.1) is 6.92 Å². The van der Waals surface area contributed by atoms with Gasteiger partial charge in [-0.1, -0.05) is 23.7 Å². The zero-order valence-corrected chi connectivity index (χ0v) is 8.27. The quantitative estimate of drug-likeness (QED) is 0.703. The van der Waals surface area contributed by atoms with Crippen LogP contribution < -0.4 is 4.74 Å². The van der Waals surface area contributed by atoms with E-state index in [1.54, 1.807) is 13.2 Å². The Bertz CT molecular complexity index is 334. The van der Waals surface area contributed by atoms with E-state index in [1.807, 2.05) is 25.1 Å². The summed E-state index contributed by atoms with van der Waals surface area (Å²) in [4.78, 5) is 0. The molecule has 0 fully saturated rings. The molecule has 14 heavy (non-hydrogen) atoms. The molecule has 0 saturated heterocycles. The summed E-state index contributed by atoms with van der Waals surface area (Å²) in [7, 11) is 0.150. The second-order valence-corrected chi connectivity index (χ2v) is 3.02. The van der Waals surface area contributed by atoms with E-state index in [0.29, 0.717) is 5.75 Å². The lowest BCUT2D eigenvalue weighted by Crippen LogP contribution is -2.05. The number of rotatable bonds is 3. The van der Waals surface area contributed by atoms with E-state index in [4.69, 9.17) is 14.8 Å². The van der Waals surface area contributed by atoms with E-state index in [-0.39, 0.29) is 0 Å². The Morgan fingerprint density at radius 2 is 2.07 bits per heavy atom. The number of hydrogen-bond acceptors (Lipinski definition) is 3. The summed E-state index contributed by atoms with van der Waals surface area (Å²) in [5.41, 5.74) is 1.93. The number of benzene rings is 1. The Balaban J connectivity index is 2.99. The van der Waals surface area contributed by atoms with Crippen molar-refractivity contribution in [1.29, 1.82) is 0 Å². The summed E-state index contributed by atoms with van der Waals surface area (Å²) < 4.78 is 5.12. The highest BCUT2D eigenvalue weighted by molar-refractivity contribution is 6.48. The highest BCUT2D eigenvalue weighted by Gasteiger charge is 2.02. The summed E-state index contributed by atoms with van der Waals surface area (Å²) in [6.07, 6.45) is 1.62. The van der Waals surface area contributed by atoms with Gasteiger partial charge in [0.15, 0.2) is 0 Å². The summed E-state index contributed by atoms with van der Waals surface area (Å²) in [5, 5.41) is 17.3. The highest BCUT2D eigenvalue weighted by Crippen LogP contribution is 2.20. The van der Waals surface area contributed by atoms with Crippen LogP contribution in [0.5, 0.6) is 5.75 Å². The molecular weight excluding hydrogens is 179 g/mol. The Labute approximate surface area is 83.8 Å². The first kappa shape index (κ1) is 10.8. The molecule has 1 rings (SSSR count). The molecule has 4 heteroatoms. The van der Waals surface area contributed by atoms with Crippen LogP contribution in [0.1, 0.15) is 11.1 Å². The monoisotopic (exact) mass is 192 g/mol. The van der Waals surface area contributed by atoms with Gasteiger partial charge in [0.2, 0.25) is 0 Å². The van der Waals surface area contributed by atoms with Crippen LogP contribution in [0.2, 0.25) is 0 Å². The van der Waals surface area contributed by atoms with Gasteiger partial charge >= 0.3 is 7.12 Å². The molecule has 74 valence electrons. The molecule has 0 amide bonds. The van der Waals surface area contributed by atoms with E-state index in [2.05, 4.69) is 0 Å². The Kier molecular flexibility index (Phi) is 3.74. The number of ether oxygens (including phenoxy) is 1. The zero-order chi connectivity index (χ0) is 10.6. The zero-order valence-electron chi connectivity index (χ0n) is 8.27. The molecule has 0 radical (unpaired) electrons. The van der Waals surface area contributed by atoms with Crippen molar-refractivity contribution in [1.82, 2.24) is 0 Å². The standard InChI is InChI=1S/C10H13BO3/c1-8-3-4-10(14-2)9(7-8)5-6-11(12)13/h3-7,12-13H,1-2H3/b6-5+. The van der Waals surface area contributed by atoms with Gasteiger partial charge in [0.25, 0.3) is 0 Å². The van der Waals surface area contributed by atoms with Crippen LogP contribution in [0.3, 0.4) is 0 Å². The summed E-state index contributed by atoms with van der Waals surface area (Å²) in [5.74, 6) is 2.00. The minimum Gasteiger partial charge on any atom is -0.496 e. The van der Waals surface area contributed by atoms with Crippen LogP contribution >= 0.6 is 0 Å². The van der Waals surface area contributed by atoms with Crippen LogP contribution in [0.15, 0.2) is 24.2 Å². The first-order valence-electron chi connectivity index (χ1n) is 4.32. The lowest BCUT2D eigenvalue weighted by molar-refractivity contribution is 0.413. The van der Waals surface area contributed by atoms with Crippen LogP contribution in [0.25, 0.3) is 6.08 Å². The third kappa shape index (κ3) is 2.90. The summed E-state index contributed by atoms with van der Waals surface area (Å²) in [6.45, 7) is 1.96. The van der Waals surface area contributed by atoms with E-state index >= 15 is 0 Å². The van der Waals surface area contributed by atoms with Crippen molar-refractivity contribution in [2.24, 2.45) is 0 Å². The summed E-state index contributed by atoms with van der Waals surface area (Å²) >= 11 is 0. The molecule has 0 aromatic heterocycles. The Hall–Kier alpha value is -1.26. The Morgan fingerprint density at radius 1 is 1.36 bits per heavy atom. The van der Waals surface area contributed by atoms with Gasteiger partial charge < -0.3 is 14.8 Å². The van der Waals surface area contributed by atoms with Gasteiger partial charge in [0.05, 0.1) is 7.11 Å². The molecule has 0 unspecified atom stereocenters. The third-order valence-electron chi connectivity index (χ3n) is 1.83. The molecule has 0 aliphatic heterocycles. The van der Waals surface area contributed by atoms with Crippen LogP contribution in [-0.2, 0) is 0 Å². The molecule has 0 bridgehead atoms. The van der Waals surface area contributed by atoms with E-state index < -0.39 is 7.12 Å². The predicted molar refractivity (Wildman–Crippen MR) is 57.0 cm³/mol. The molecule has 3 nitrogen and oxygen atoms in total. The average Bonchev–Trinajstić information content (AvgIpc) is 2.15. The van der Waals surface area contributed by atoms with Crippen molar-refractivity contribution in [3.63, 3.8) is 0 Å². The first-order chi connectivity index (χ1) is 6.63. The fourth-order valence-electron chi connectivity index (χ4n) is 1.17. The maximum Gasteiger partial charge on any atom is 0.480 e. The van der Waals surface area contributed by atoms with Crippen molar-refractivity contribution >= 4 is 13.2 Å². The van der Waals surface area contributed by atoms with Crippen LogP contribution in [-0.4, -0.2) is 24.3 Å². The van der Waals surface area contributed by atoms with Crippen molar-refractivity contribution in [2.75, 3.05) is 7.11 Å². The second kappa shape index (κ2) is 4.84. The molecule has 0 aliphatic rings. The van der Waals surface area contributed by atoms with Gasteiger partial charge in [-0.25, -0.2) is 0 Å². The molecule has 1 aromatic carbocycles. The maximum atomic E-state index is 8.67. The normalized spacial score (nSPS) is 10.6. The van der Waals surface area contributed by atoms with Crippen molar-refractivity contribution < 1.29 is 14.8 Å². The van der Waals surface area contributed by atoms with Gasteiger partial charge in [-0.15, -0.1) is 0 Å². The topological polar surface area (TPSA) is 49.7 Å². The van der Waals surface area contributed by atoms with Gasteiger partial charge in [0.1, 0.15) is 5.75 Å². The molecule has 0 aliphatic carbocycles. The van der Waals surface area contributed by atoms with Crippen molar-refractivity contribution in [3.8, 4) is 5.75 Å². The molecular formula is C10H13BO3. The van der Waals surface area contributed by atoms with Gasteiger partial charge in [-0.2, -0.15) is 0 Å². The summed E-state index contributed by atoms with van der Waals surface area (Å²) in [6, 6.07) is 5.70. The molecule has 0 spiro atoms. The van der Waals surface area contributed by atoms with E-state index in [1.165, 1.54) is 5.98 Å². The fraction of sp³-hybridized carbons (Fsp3) is 0.200. The van der Waals surface area contributed by atoms with Crippen molar-refractivity contribution in [2.45, 2.75) is 6.92 Å². The Morgan fingerprint density at radius 3 is 2.64 bits per heavy atom. The number of methoxy groups -OCH3 is 1. The average molecular weight is 192 g/mol. The van der Waals surface area contributed by atoms with Crippen LogP contribution in [0.4, 0.5) is 0 Å². The predicted octanol–water partition coefficient (Wildman–Crippen LogP) is 1.03. The number of hydrogen-bond donors (Lipinski definition) is 2. The highest BCUT2D eigenvalue weighted by atomic mass is 16.5. The van der Waals surface area contributed by atoms with Gasteiger partial charge in [-0.05, 0) is 19.1 Å². The van der Waals surface area contributed by atoms with E-state index in [0.717, 1.165) is 11.1 Å². The molecule has 0 saturated carbocycles. The SMILES string of the molecule is COc1ccc(C)cc1/C=C/B(O)O. The minimum atomic E-state index is -1.43. The second-order valence-electron chi connectivity index (χ2n) is 3.02. The fourth-order valence-corrected chi connectivity index (χ4v) is 1.17. The molecule has 1 aromatic rings. The van der Waals surface area contributed by atoms with E-state index in [9.17, 15) is 0 Å². The maximum absolute atomic E-state index is 8.67. The smallest absolute Gasteiger partial charge is 0.480 e. The molecule has 2 N–H and O–H groups in total.